The fraction of sp³-hybridized carbons (Fsp3) is 0.941. The van der Waals surface area contributed by atoms with E-state index >= 15 is 0 Å². The van der Waals surface area contributed by atoms with E-state index in [4.69, 9.17) is 0 Å². The number of likely N-dealkylation sites (tertiary alicyclic amines) is 1. The molecule has 0 bridgehead atoms. The number of hydrogen-bond donors (Lipinski definition) is 2. The highest BCUT2D eigenvalue weighted by Gasteiger charge is 2.21. The lowest BCUT2D eigenvalue weighted by Gasteiger charge is -2.20. The fourth-order valence-electron chi connectivity index (χ4n) is 2.94. The lowest BCUT2D eigenvalue weighted by atomic mass is 10.0. The zero-order chi connectivity index (χ0) is 15.7. The maximum atomic E-state index is 4.35. The van der Waals surface area contributed by atoms with Crippen LogP contribution in [0.25, 0.3) is 0 Å². The number of rotatable bonds is 8. The maximum absolute atomic E-state index is 4.35. The van der Waals surface area contributed by atoms with Crippen molar-refractivity contribution < 1.29 is 0 Å². The quantitative estimate of drug-likeness (QED) is 0.357. The zero-order valence-electron chi connectivity index (χ0n) is 15.2. The van der Waals surface area contributed by atoms with Gasteiger partial charge in [0.15, 0.2) is 5.96 Å². The van der Waals surface area contributed by atoms with Gasteiger partial charge in [0.1, 0.15) is 0 Å². The second-order valence-electron chi connectivity index (χ2n) is 6.87. The van der Waals surface area contributed by atoms with E-state index in [9.17, 15) is 0 Å². The molecular formula is C17H37IN4. The Balaban J connectivity index is 0.00000441. The molecule has 0 aromatic heterocycles. The summed E-state index contributed by atoms with van der Waals surface area (Å²) in [5, 5.41) is 7.01. The van der Waals surface area contributed by atoms with E-state index in [0.717, 1.165) is 24.3 Å². The molecule has 0 aliphatic carbocycles. The van der Waals surface area contributed by atoms with Gasteiger partial charge >= 0.3 is 0 Å². The summed E-state index contributed by atoms with van der Waals surface area (Å²) in [7, 11) is 1.86. The molecule has 1 rings (SSSR count). The second-order valence-corrected chi connectivity index (χ2v) is 6.87. The molecule has 0 saturated carbocycles. The van der Waals surface area contributed by atoms with Crippen LogP contribution in [0.4, 0.5) is 0 Å². The molecule has 0 aromatic carbocycles. The molecule has 1 saturated heterocycles. The lowest BCUT2D eigenvalue weighted by molar-refractivity contribution is 0.341. The number of nitrogens with one attached hydrogen (secondary N) is 2. The molecule has 1 aliphatic rings. The standard InChI is InChI=1S/C17H36N4.HI/c1-6-21-11-10-16(13-21)12-19-17(18-5)20-15(4)9-7-8-14(2)3;/h14-16H,6-13H2,1-5H3,(H2,18,19,20);1H. The molecule has 0 aromatic rings. The molecule has 2 atom stereocenters. The predicted molar refractivity (Wildman–Crippen MR) is 108 cm³/mol. The van der Waals surface area contributed by atoms with Crippen molar-refractivity contribution in [2.24, 2.45) is 16.8 Å². The SMILES string of the molecule is CCN1CCC(CNC(=NC)NC(C)CCCC(C)C)C1.I. The van der Waals surface area contributed by atoms with Gasteiger partial charge in [-0.15, -0.1) is 24.0 Å². The minimum absolute atomic E-state index is 0. The van der Waals surface area contributed by atoms with Gasteiger partial charge in [0.05, 0.1) is 0 Å². The molecule has 22 heavy (non-hydrogen) atoms. The Labute approximate surface area is 154 Å². The molecular weight excluding hydrogens is 387 g/mol. The van der Waals surface area contributed by atoms with E-state index in [0.29, 0.717) is 6.04 Å². The zero-order valence-corrected chi connectivity index (χ0v) is 17.5. The Hall–Kier alpha value is -0.0400. The van der Waals surface area contributed by atoms with Crippen molar-refractivity contribution in [3.05, 3.63) is 0 Å². The van der Waals surface area contributed by atoms with Gasteiger partial charge in [-0.2, -0.15) is 0 Å². The topological polar surface area (TPSA) is 39.7 Å². The first kappa shape index (κ1) is 22.0. The Bertz CT molecular complexity index is 307. The Kier molecular flexibility index (Phi) is 12.4. The van der Waals surface area contributed by atoms with Crippen molar-refractivity contribution >= 4 is 29.9 Å². The summed E-state index contributed by atoms with van der Waals surface area (Å²) in [5.41, 5.74) is 0. The van der Waals surface area contributed by atoms with Crippen LogP contribution in [0.5, 0.6) is 0 Å². The molecule has 132 valence electrons. The van der Waals surface area contributed by atoms with Crippen molar-refractivity contribution in [2.45, 2.75) is 59.4 Å². The van der Waals surface area contributed by atoms with Crippen molar-refractivity contribution in [3.63, 3.8) is 0 Å². The number of halogens is 1. The monoisotopic (exact) mass is 424 g/mol. The summed E-state index contributed by atoms with van der Waals surface area (Å²) in [6.07, 6.45) is 5.12. The normalized spacial score (nSPS) is 20.8. The second kappa shape index (κ2) is 12.4. The van der Waals surface area contributed by atoms with Gasteiger partial charge in [-0.05, 0) is 44.7 Å². The third kappa shape index (κ3) is 9.18. The first-order valence-corrected chi connectivity index (χ1v) is 8.74. The highest BCUT2D eigenvalue weighted by atomic mass is 127. The number of nitrogens with zero attached hydrogens (tertiary/aromatic N) is 2. The summed E-state index contributed by atoms with van der Waals surface area (Å²) in [6, 6.07) is 0.491. The summed E-state index contributed by atoms with van der Waals surface area (Å²) in [6.45, 7) is 13.8. The van der Waals surface area contributed by atoms with Gasteiger partial charge in [-0.25, -0.2) is 0 Å². The predicted octanol–water partition coefficient (Wildman–Crippen LogP) is 3.33. The summed E-state index contributed by atoms with van der Waals surface area (Å²) in [5.74, 6) is 2.53. The van der Waals surface area contributed by atoms with Crippen LogP contribution < -0.4 is 10.6 Å². The largest absolute Gasteiger partial charge is 0.356 e. The van der Waals surface area contributed by atoms with Crippen LogP contribution in [0.3, 0.4) is 0 Å². The van der Waals surface area contributed by atoms with Crippen LogP contribution in [-0.4, -0.2) is 50.1 Å². The molecule has 4 nitrogen and oxygen atoms in total. The third-order valence-electron chi connectivity index (χ3n) is 4.40. The van der Waals surface area contributed by atoms with Crippen LogP contribution in [0.15, 0.2) is 4.99 Å². The molecule has 0 amide bonds. The molecule has 1 aliphatic heterocycles. The van der Waals surface area contributed by atoms with Gasteiger partial charge in [-0.3, -0.25) is 4.99 Å². The summed E-state index contributed by atoms with van der Waals surface area (Å²) in [4.78, 5) is 6.88. The minimum atomic E-state index is 0. The number of aliphatic imine (C=N–C) groups is 1. The highest BCUT2D eigenvalue weighted by molar-refractivity contribution is 14.0. The lowest BCUT2D eigenvalue weighted by Crippen LogP contribution is -2.44. The number of hydrogen-bond acceptors (Lipinski definition) is 2. The molecule has 1 heterocycles. The van der Waals surface area contributed by atoms with E-state index < -0.39 is 0 Å². The van der Waals surface area contributed by atoms with E-state index in [-0.39, 0.29) is 24.0 Å². The molecule has 0 radical (unpaired) electrons. The van der Waals surface area contributed by atoms with Gasteiger partial charge in [0.2, 0.25) is 0 Å². The molecule has 1 fully saturated rings. The van der Waals surface area contributed by atoms with Crippen molar-refractivity contribution in [1.29, 1.82) is 0 Å². The van der Waals surface area contributed by atoms with E-state index in [1.165, 1.54) is 45.3 Å². The maximum Gasteiger partial charge on any atom is 0.191 e. The van der Waals surface area contributed by atoms with Gasteiger partial charge in [0.25, 0.3) is 0 Å². The molecule has 2 unspecified atom stereocenters. The number of guanidine groups is 1. The summed E-state index contributed by atoms with van der Waals surface area (Å²) < 4.78 is 0. The van der Waals surface area contributed by atoms with Crippen LogP contribution in [0.2, 0.25) is 0 Å². The average Bonchev–Trinajstić information content (AvgIpc) is 2.91. The van der Waals surface area contributed by atoms with Crippen LogP contribution in [0, 0.1) is 11.8 Å². The first-order valence-electron chi connectivity index (χ1n) is 8.74. The molecule has 5 heteroatoms. The van der Waals surface area contributed by atoms with E-state index in [1.54, 1.807) is 0 Å². The minimum Gasteiger partial charge on any atom is -0.356 e. The smallest absolute Gasteiger partial charge is 0.191 e. The van der Waals surface area contributed by atoms with Crippen LogP contribution in [0.1, 0.15) is 53.4 Å². The third-order valence-corrected chi connectivity index (χ3v) is 4.40. The van der Waals surface area contributed by atoms with Crippen LogP contribution in [-0.2, 0) is 0 Å². The van der Waals surface area contributed by atoms with Crippen molar-refractivity contribution in [2.75, 3.05) is 33.2 Å². The Morgan fingerprint density at radius 1 is 1.27 bits per heavy atom. The van der Waals surface area contributed by atoms with Crippen molar-refractivity contribution in [3.8, 4) is 0 Å². The van der Waals surface area contributed by atoms with Crippen molar-refractivity contribution in [1.82, 2.24) is 15.5 Å². The first-order chi connectivity index (χ1) is 10.0. The Morgan fingerprint density at radius 3 is 2.55 bits per heavy atom. The average molecular weight is 424 g/mol. The molecule has 2 N–H and O–H groups in total. The van der Waals surface area contributed by atoms with Crippen LogP contribution >= 0.6 is 24.0 Å². The van der Waals surface area contributed by atoms with Gasteiger partial charge < -0.3 is 15.5 Å². The van der Waals surface area contributed by atoms with Gasteiger partial charge in [0, 0.05) is 26.2 Å². The molecule has 0 spiro atoms. The van der Waals surface area contributed by atoms with E-state index in [1.807, 2.05) is 7.05 Å². The van der Waals surface area contributed by atoms with Gasteiger partial charge in [-0.1, -0.05) is 33.6 Å². The summed E-state index contributed by atoms with van der Waals surface area (Å²) >= 11 is 0. The Morgan fingerprint density at radius 2 is 2.00 bits per heavy atom. The van der Waals surface area contributed by atoms with E-state index in [2.05, 4.69) is 48.2 Å². The fourth-order valence-corrected chi connectivity index (χ4v) is 2.94. The highest BCUT2D eigenvalue weighted by Crippen LogP contribution is 2.14.